The van der Waals surface area contributed by atoms with E-state index in [0.29, 0.717) is 55.8 Å². The van der Waals surface area contributed by atoms with Gasteiger partial charge in [-0.15, -0.1) is 10.2 Å². The molecule has 8 nitrogen and oxygen atoms in total. The molecule has 1 aliphatic heterocycles. The van der Waals surface area contributed by atoms with Crippen LogP contribution in [0, 0.1) is 22.7 Å². The van der Waals surface area contributed by atoms with Crippen LogP contribution in [0.4, 0.5) is 22.0 Å². The van der Waals surface area contributed by atoms with Gasteiger partial charge in [-0.3, -0.25) is 0 Å². The van der Waals surface area contributed by atoms with Gasteiger partial charge in [0.2, 0.25) is 5.82 Å². The number of rotatable bonds is 3. The van der Waals surface area contributed by atoms with Crippen molar-refractivity contribution in [3.8, 4) is 11.4 Å². The Morgan fingerprint density at radius 3 is 2.24 bits per heavy atom. The molecule has 3 saturated carbocycles. The van der Waals surface area contributed by atoms with Crippen LogP contribution in [0.3, 0.4) is 0 Å². The van der Waals surface area contributed by atoms with Gasteiger partial charge in [0.05, 0.1) is 18.8 Å². The minimum atomic E-state index is -5.90. The van der Waals surface area contributed by atoms with Crippen LogP contribution >= 0.6 is 0 Å². The van der Waals surface area contributed by atoms with E-state index in [2.05, 4.69) is 34.5 Å². The summed E-state index contributed by atoms with van der Waals surface area (Å²) in [5, 5.41) is 37.8. The average Bonchev–Trinajstić information content (AvgIpc) is 3.61. The number of tetrazole rings is 1. The lowest BCUT2D eigenvalue weighted by molar-refractivity contribution is -0.362. The zero-order valence-corrected chi connectivity index (χ0v) is 25.6. The third kappa shape index (κ3) is 4.46. The molecule has 0 bridgehead atoms. The Balaban J connectivity index is 1.33. The predicted molar refractivity (Wildman–Crippen MR) is 151 cm³/mol. The maximum atomic E-state index is 15.3. The molecule has 0 amide bonds. The highest BCUT2D eigenvalue weighted by Crippen LogP contribution is 2.71. The van der Waals surface area contributed by atoms with Crippen LogP contribution in [-0.4, -0.2) is 73.1 Å². The van der Waals surface area contributed by atoms with Crippen LogP contribution in [0.1, 0.15) is 83.6 Å². The quantitative estimate of drug-likeness (QED) is 0.276. The highest BCUT2D eigenvalue weighted by molar-refractivity contribution is 5.55. The van der Waals surface area contributed by atoms with Crippen molar-refractivity contribution in [2.75, 3.05) is 13.2 Å². The van der Waals surface area contributed by atoms with Gasteiger partial charge in [0.25, 0.3) is 0 Å². The fourth-order valence-electron chi connectivity index (χ4n) is 9.46. The summed E-state index contributed by atoms with van der Waals surface area (Å²) in [7, 11) is 0. The monoisotopic (exact) mass is 638 g/mol. The number of halogens is 5. The first-order valence-electron chi connectivity index (χ1n) is 15.7. The predicted octanol–water partition coefficient (Wildman–Crippen LogP) is 6.09. The van der Waals surface area contributed by atoms with Crippen LogP contribution < -0.4 is 0 Å². The Bertz CT molecular complexity index is 1490. The molecular weight excluding hydrogens is 599 g/mol. The lowest BCUT2D eigenvalue weighted by Gasteiger charge is -2.59. The zero-order valence-electron chi connectivity index (χ0n) is 25.6. The van der Waals surface area contributed by atoms with Crippen LogP contribution in [-0.2, 0) is 9.47 Å². The van der Waals surface area contributed by atoms with Crippen LogP contribution in [0.2, 0.25) is 0 Å². The van der Waals surface area contributed by atoms with Gasteiger partial charge in [0, 0.05) is 35.2 Å². The lowest BCUT2D eigenvalue weighted by atomic mass is 9.49. The third-order valence-electron chi connectivity index (χ3n) is 11.8. The van der Waals surface area contributed by atoms with Gasteiger partial charge in [-0.1, -0.05) is 50.6 Å². The molecule has 3 unspecified atom stereocenters. The number of aromatic amines is 1. The van der Waals surface area contributed by atoms with Crippen molar-refractivity contribution in [2.24, 2.45) is 22.7 Å². The summed E-state index contributed by atoms with van der Waals surface area (Å²) in [6.07, 6.45) is -4.78. The van der Waals surface area contributed by atoms with Crippen molar-refractivity contribution in [1.29, 1.82) is 0 Å². The number of fused-ring (bicyclic) bond motifs is 4. The number of benzene rings is 1. The highest BCUT2D eigenvalue weighted by Gasteiger charge is 2.79. The number of hydrogen-bond acceptors (Lipinski definition) is 7. The van der Waals surface area contributed by atoms with E-state index in [1.807, 2.05) is 0 Å². The molecule has 0 radical (unpaired) electrons. The Morgan fingerprint density at radius 2 is 1.62 bits per heavy atom. The molecule has 2 heterocycles. The summed E-state index contributed by atoms with van der Waals surface area (Å²) < 4.78 is 84.8. The van der Waals surface area contributed by atoms with E-state index >= 15 is 8.78 Å². The van der Waals surface area contributed by atoms with E-state index in [1.165, 1.54) is 6.92 Å². The number of nitrogens with zero attached hydrogens (tertiary/aromatic N) is 3. The first-order valence-corrected chi connectivity index (χ1v) is 15.7. The molecule has 2 aromatic rings. The lowest BCUT2D eigenvalue weighted by Crippen LogP contribution is -2.65. The summed E-state index contributed by atoms with van der Waals surface area (Å²) >= 11 is 0. The number of nitrogens with one attached hydrogen (secondary N) is 1. The first-order chi connectivity index (χ1) is 20.9. The van der Waals surface area contributed by atoms with Crippen molar-refractivity contribution >= 4 is 0 Å². The van der Waals surface area contributed by atoms with Gasteiger partial charge >= 0.3 is 12.1 Å². The standard InChI is InChI=1S/C32H39F5N4O4/c1-26(2)16-44-29(45-17-26)12-9-23-24-20(8-11-28(23,42)15-29)22-10-13-30(43,31(33,34)32(35,36)37)27(22,3)14-21(24)18-4-6-19(7-5-18)25-38-40-41-39-25/h4-7,20-22,42-43H,8-17H2,1-3H3,(H,38,39,40,41)/t20?,21-,22?,27+,28?,30+/m1/s1. The topological polar surface area (TPSA) is 113 Å². The second-order valence-corrected chi connectivity index (χ2v) is 15.0. The Hall–Kier alpha value is -2.48. The summed E-state index contributed by atoms with van der Waals surface area (Å²) in [5.74, 6) is -7.47. The maximum Gasteiger partial charge on any atom is 0.456 e. The van der Waals surface area contributed by atoms with E-state index in [4.69, 9.17) is 9.47 Å². The molecule has 45 heavy (non-hydrogen) atoms. The highest BCUT2D eigenvalue weighted by atomic mass is 19.4. The summed E-state index contributed by atoms with van der Waals surface area (Å²) in [6, 6.07) is 7.12. The van der Waals surface area contributed by atoms with Gasteiger partial charge in [-0.2, -0.15) is 27.2 Å². The van der Waals surface area contributed by atoms with Crippen molar-refractivity contribution in [1.82, 2.24) is 20.6 Å². The van der Waals surface area contributed by atoms with Gasteiger partial charge in [-0.05, 0) is 66.7 Å². The third-order valence-corrected chi connectivity index (χ3v) is 11.8. The number of alkyl halides is 5. The molecule has 13 heteroatoms. The SMILES string of the molecule is CC1(C)COC2(CCC3=C4C(CCC3(O)C2)C2CC[C@@](O)(C(F)(F)C(F)(F)F)[C@@]2(C)C[C@@H]4c2ccc(-c3nn[nH]n3)cc2)OC1. The van der Waals surface area contributed by atoms with Gasteiger partial charge in [0.1, 0.15) is 5.60 Å². The van der Waals surface area contributed by atoms with E-state index in [9.17, 15) is 23.4 Å². The number of hydrogen-bond donors (Lipinski definition) is 3. The molecule has 5 aliphatic rings. The molecule has 4 fully saturated rings. The van der Waals surface area contributed by atoms with E-state index in [0.717, 1.165) is 11.1 Å². The smallest absolute Gasteiger partial charge is 0.385 e. The Kier molecular flexibility index (Phi) is 6.76. The zero-order chi connectivity index (χ0) is 32.3. The number of allylic oxidation sites excluding steroid dienone is 1. The molecule has 1 saturated heterocycles. The number of aromatic nitrogens is 4. The second-order valence-electron chi connectivity index (χ2n) is 15.0. The largest absolute Gasteiger partial charge is 0.456 e. The van der Waals surface area contributed by atoms with Crippen molar-refractivity contribution in [2.45, 2.75) is 107 Å². The molecule has 7 rings (SSSR count). The molecule has 6 atom stereocenters. The summed E-state index contributed by atoms with van der Waals surface area (Å²) in [5.41, 5.74) is -3.38. The Morgan fingerprint density at radius 1 is 0.933 bits per heavy atom. The summed E-state index contributed by atoms with van der Waals surface area (Å²) in [6.45, 7) is 6.48. The van der Waals surface area contributed by atoms with Crippen molar-refractivity contribution in [3.05, 3.63) is 41.0 Å². The molecule has 1 aromatic carbocycles. The van der Waals surface area contributed by atoms with Gasteiger partial charge < -0.3 is 19.7 Å². The number of ether oxygens (including phenoxy) is 2. The van der Waals surface area contributed by atoms with Crippen LogP contribution in [0.5, 0.6) is 0 Å². The minimum absolute atomic E-state index is 0.0350. The number of aliphatic hydroxyl groups is 2. The van der Waals surface area contributed by atoms with Gasteiger partial charge in [-0.25, -0.2) is 0 Å². The van der Waals surface area contributed by atoms with Crippen LogP contribution in [0.25, 0.3) is 11.4 Å². The molecule has 246 valence electrons. The first kappa shape index (κ1) is 31.1. The van der Waals surface area contributed by atoms with Crippen molar-refractivity contribution < 1.29 is 41.6 Å². The van der Waals surface area contributed by atoms with Crippen LogP contribution in [0.15, 0.2) is 35.4 Å². The Labute approximate surface area is 257 Å². The van der Waals surface area contributed by atoms with Gasteiger partial charge in [0.15, 0.2) is 5.79 Å². The fraction of sp³-hybridized carbons (Fsp3) is 0.719. The second kappa shape index (κ2) is 9.77. The maximum absolute atomic E-state index is 15.3. The minimum Gasteiger partial charge on any atom is -0.385 e. The van der Waals surface area contributed by atoms with Crippen molar-refractivity contribution in [3.63, 3.8) is 0 Å². The molecule has 3 N–H and O–H groups in total. The summed E-state index contributed by atoms with van der Waals surface area (Å²) in [4.78, 5) is 0. The van der Waals surface area contributed by atoms with E-state index in [-0.39, 0.29) is 30.6 Å². The molecule has 1 aromatic heterocycles. The molecule has 4 aliphatic carbocycles. The number of H-pyrrole nitrogens is 1. The average molecular weight is 639 g/mol. The fourth-order valence-corrected chi connectivity index (χ4v) is 9.46. The normalized spacial score (nSPS) is 37.7. The van der Waals surface area contributed by atoms with E-state index < -0.39 is 52.8 Å². The molecular formula is C32H39F5N4O4. The van der Waals surface area contributed by atoms with E-state index in [1.54, 1.807) is 24.3 Å². The molecule has 1 spiro atoms.